The maximum absolute atomic E-state index is 13.0. The van der Waals surface area contributed by atoms with Gasteiger partial charge in [-0.15, -0.1) is 0 Å². The highest BCUT2D eigenvalue weighted by Crippen LogP contribution is 2.40. The smallest absolute Gasteiger partial charge is 0.275 e. The lowest BCUT2D eigenvalue weighted by Gasteiger charge is -2.05. The lowest BCUT2D eigenvalue weighted by molar-refractivity contribution is 0.174. The van der Waals surface area contributed by atoms with Crippen LogP contribution in [0.1, 0.15) is 24.0 Å². The van der Waals surface area contributed by atoms with Gasteiger partial charge in [-0.05, 0) is 61.6 Å². The lowest BCUT2D eigenvalue weighted by atomic mass is 10.1. The van der Waals surface area contributed by atoms with Crippen LogP contribution in [0.25, 0.3) is 33.2 Å². The summed E-state index contributed by atoms with van der Waals surface area (Å²) in [6.07, 6.45) is 6.13. The summed E-state index contributed by atoms with van der Waals surface area (Å²) in [5.41, 5.74) is 12.0. The Kier molecular flexibility index (Phi) is 3.86. The number of benzene rings is 2. The van der Waals surface area contributed by atoms with Gasteiger partial charge in [-0.1, -0.05) is 0 Å². The van der Waals surface area contributed by atoms with Crippen molar-refractivity contribution < 1.29 is 9.47 Å². The minimum Gasteiger partial charge on any atom is -0.454 e. The summed E-state index contributed by atoms with van der Waals surface area (Å²) in [4.78, 5) is 20.9. The van der Waals surface area contributed by atoms with Crippen molar-refractivity contribution >= 4 is 21.9 Å². The molecule has 0 unspecified atom stereocenters. The summed E-state index contributed by atoms with van der Waals surface area (Å²) in [5, 5.41) is 0.926. The Hall–Kier alpha value is -3.32. The first kappa shape index (κ1) is 17.5. The molecule has 0 amide bonds. The molecule has 2 aromatic heterocycles. The number of ether oxygens (including phenoxy) is 2. The van der Waals surface area contributed by atoms with E-state index >= 15 is 0 Å². The van der Waals surface area contributed by atoms with Gasteiger partial charge in [0.15, 0.2) is 11.5 Å². The predicted molar refractivity (Wildman–Crippen MR) is 115 cm³/mol. The third-order valence-electron chi connectivity index (χ3n) is 6.14. The van der Waals surface area contributed by atoms with Gasteiger partial charge in [0.05, 0.1) is 16.6 Å². The minimum absolute atomic E-state index is 0.184. The number of aryl methyl sites for hydroxylation is 3. The summed E-state index contributed by atoms with van der Waals surface area (Å²) >= 11 is 0. The molecule has 0 spiro atoms. The van der Waals surface area contributed by atoms with Crippen molar-refractivity contribution in [2.45, 2.75) is 32.2 Å². The van der Waals surface area contributed by atoms with E-state index in [4.69, 9.17) is 20.2 Å². The van der Waals surface area contributed by atoms with Crippen molar-refractivity contribution in [2.24, 2.45) is 5.73 Å². The minimum atomic E-state index is -0.184. The topological polar surface area (TPSA) is 95.2 Å². The molecule has 7 nitrogen and oxygen atoms in total. The normalized spacial score (nSPS) is 14.7. The van der Waals surface area contributed by atoms with Crippen LogP contribution in [-0.2, 0) is 19.4 Å². The zero-order valence-corrected chi connectivity index (χ0v) is 16.5. The quantitative estimate of drug-likeness (QED) is 0.547. The van der Waals surface area contributed by atoms with Crippen LogP contribution in [0.4, 0.5) is 0 Å². The first-order valence-electron chi connectivity index (χ1n) is 10.4. The number of nitrogens with one attached hydrogen (secondary N) is 1. The SMILES string of the molecule is NCCCn1cc(-c2nc3cc4c(cc3[nH]c2=O)CCC4)c2cc3c(cc21)OCO3. The summed E-state index contributed by atoms with van der Waals surface area (Å²) in [6.45, 7) is 1.56. The van der Waals surface area contributed by atoms with E-state index in [1.807, 2.05) is 18.3 Å². The van der Waals surface area contributed by atoms with E-state index < -0.39 is 0 Å². The molecule has 152 valence electrons. The number of rotatable bonds is 4. The van der Waals surface area contributed by atoms with Gasteiger partial charge in [0.25, 0.3) is 5.56 Å². The monoisotopic (exact) mass is 402 g/mol. The van der Waals surface area contributed by atoms with Crippen molar-refractivity contribution in [2.75, 3.05) is 13.3 Å². The van der Waals surface area contributed by atoms with Crippen LogP contribution in [0.15, 0.2) is 35.3 Å². The fourth-order valence-corrected chi connectivity index (χ4v) is 4.65. The van der Waals surface area contributed by atoms with E-state index in [1.165, 1.54) is 11.1 Å². The van der Waals surface area contributed by atoms with Crippen molar-refractivity contribution in [1.82, 2.24) is 14.5 Å². The molecule has 3 N–H and O–H groups in total. The van der Waals surface area contributed by atoms with Crippen LogP contribution in [0.3, 0.4) is 0 Å². The first-order valence-corrected chi connectivity index (χ1v) is 10.4. The van der Waals surface area contributed by atoms with Gasteiger partial charge in [-0.25, -0.2) is 4.98 Å². The van der Waals surface area contributed by atoms with Crippen molar-refractivity contribution in [1.29, 1.82) is 0 Å². The molecule has 1 aliphatic heterocycles. The first-order chi connectivity index (χ1) is 14.7. The van der Waals surface area contributed by atoms with E-state index in [-0.39, 0.29) is 12.4 Å². The summed E-state index contributed by atoms with van der Waals surface area (Å²) in [5.74, 6) is 1.41. The maximum Gasteiger partial charge on any atom is 0.275 e. The highest BCUT2D eigenvalue weighted by Gasteiger charge is 2.22. The summed E-state index contributed by atoms with van der Waals surface area (Å²) in [7, 11) is 0. The van der Waals surface area contributed by atoms with Crippen LogP contribution in [0.5, 0.6) is 11.5 Å². The fourth-order valence-electron chi connectivity index (χ4n) is 4.65. The van der Waals surface area contributed by atoms with Crippen molar-refractivity contribution in [3.8, 4) is 22.8 Å². The Morgan fingerprint density at radius 1 is 1.10 bits per heavy atom. The van der Waals surface area contributed by atoms with Gasteiger partial charge < -0.3 is 24.8 Å². The zero-order chi connectivity index (χ0) is 20.2. The zero-order valence-electron chi connectivity index (χ0n) is 16.5. The molecule has 0 fully saturated rings. The third-order valence-corrected chi connectivity index (χ3v) is 6.14. The number of H-pyrrole nitrogens is 1. The fraction of sp³-hybridized carbons (Fsp3) is 0.304. The molecule has 4 aromatic rings. The number of aromatic amines is 1. The maximum atomic E-state index is 13.0. The molecule has 7 heteroatoms. The van der Waals surface area contributed by atoms with Gasteiger partial charge in [-0.3, -0.25) is 4.79 Å². The summed E-state index contributed by atoms with van der Waals surface area (Å²) in [6, 6.07) is 8.12. The van der Waals surface area contributed by atoms with Crippen molar-refractivity contribution in [3.05, 3.63) is 51.9 Å². The number of hydrogen-bond donors (Lipinski definition) is 2. The number of hydrogen-bond acceptors (Lipinski definition) is 5. The molecular weight excluding hydrogens is 380 g/mol. The summed E-state index contributed by atoms with van der Waals surface area (Å²) < 4.78 is 13.3. The second-order valence-corrected chi connectivity index (χ2v) is 8.01. The highest BCUT2D eigenvalue weighted by atomic mass is 16.7. The molecule has 0 saturated carbocycles. The number of nitrogens with zero attached hydrogens (tertiary/aromatic N) is 2. The third kappa shape index (κ3) is 2.62. The largest absolute Gasteiger partial charge is 0.454 e. The lowest BCUT2D eigenvalue weighted by Crippen LogP contribution is -2.11. The van der Waals surface area contributed by atoms with E-state index in [0.29, 0.717) is 18.0 Å². The molecule has 3 heterocycles. The van der Waals surface area contributed by atoms with Gasteiger partial charge in [0.2, 0.25) is 6.79 Å². The van der Waals surface area contributed by atoms with Crippen molar-refractivity contribution in [3.63, 3.8) is 0 Å². The van der Waals surface area contributed by atoms with Gasteiger partial charge in [0.1, 0.15) is 5.69 Å². The average molecular weight is 402 g/mol. The molecular formula is C23H22N4O3. The number of fused-ring (bicyclic) bond motifs is 4. The molecule has 6 rings (SSSR count). The van der Waals surface area contributed by atoms with E-state index in [0.717, 1.165) is 65.5 Å². The van der Waals surface area contributed by atoms with Crippen LogP contribution in [-0.4, -0.2) is 27.9 Å². The number of nitrogens with two attached hydrogens (primary N) is 1. The second-order valence-electron chi connectivity index (χ2n) is 8.01. The second kappa shape index (κ2) is 6.60. The van der Waals surface area contributed by atoms with Crippen LogP contribution >= 0.6 is 0 Å². The van der Waals surface area contributed by atoms with Crippen LogP contribution in [0, 0.1) is 0 Å². The Bertz CT molecular complexity index is 1370. The van der Waals surface area contributed by atoms with Crippen LogP contribution in [0.2, 0.25) is 0 Å². The molecule has 1 aliphatic carbocycles. The molecule has 30 heavy (non-hydrogen) atoms. The Balaban J connectivity index is 1.58. The van der Waals surface area contributed by atoms with E-state index in [2.05, 4.69) is 21.7 Å². The average Bonchev–Trinajstić information content (AvgIpc) is 3.46. The Morgan fingerprint density at radius 2 is 1.90 bits per heavy atom. The van der Waals surface area contributed by atoms with Gasteiger partial charge >= 0.3 is 0 Å². The van der Waals surface area contributed by atoms with Gasteiger partial charge in [0, 0.05) is 29.8 Å². The molecule has 2 aliphatic rings. The molecule has 0 saturated heterocycles. The molecule has 0 radical (unpaired) electrons. The Labute approximate surface area is 172 Å². The highest BCUT2D eigenvalue weighted by molar-refractivity contribution is 5.98. The number of aromatic nitrogens is 3. The molecule has 2 aromatic carbocycles. The predicted octanol–water partition coefficient (Wildman–Crippen LogP) is 3.11. The van der Waals surface area contributed by atoms with E-state index in [9.17, 15) is 4.79 Å². The standard InChI is InChI=1S/C23H22N4O3/c24-5-2-6-27-11-16(15-9-20-21(10-19(15)27)30-12-29-20)22-23(28)26-18-8-14-4-1-3-13(14)7-17(18)25-22/h7-11H,1-6,12,24H2,(H,26,28). The molecule has 0 atom stereocenters. The van der Waals surface area contributed by atoms with Gasteiger partial charge in [-0.2, -0.15) is 0 Å². The van der Waals surface area contributed by atoms with E-state index in [1.54, 1.807) is 0 Å². The Morgan fingerprint density at radius 3 is 2.73 bits per heavy atom. The molecule has 0 bridgehead atoms. The van der Waals surface area contributed by atoms with Crippen LogP contribution < -0.4 is 20.8 Å².